The van der Waals surface area contributed by atoms with Crippen molar-refractivity contribution in [2.75, 3.05) is 0 Å². The lowest BCUT2D eigenvalue weighted by Crippen LogP contribution is -2.31. The molecular formula is C10H16O2. The molecule has 0 aromatic rings. The zero-order chi connectivity index (χ0) is 8.88. The van der Waals surface area contributed by atoms with E-state index < -0.39 is 12.2 Å². The van der Waals surface area contributed by atoms with Gasteiger partial charge in [-0.1, -0.05) is 11.1 Å². The van der Waals surface area contributed by atoms with Crippen molar-refractivity contribution in [3.05, 3.63) is 11.1 Å². The monoisotopic (exact) mass is 168 g/mol. The Labute approximate surface area is 72.9 Å². The van der Waals surface area contributed by atoms with Gasteiger partial charge in [0.2, 0.25) is 0 Å². The maximum absolute atomic E-state index is 9.62. The number of hydrogen-bond donors (Lipinski definition) is 2. The molecule has 0 unspecified atom stereocenters. The molecule has 2 rings (SSSR count). The third-order valence-electron chi connectivity index (χ3n) is 3.34. The minimum atomic E-state index is -0.492. The van der Waals surface area contributed by atoms with E-state index in [1.54, 1.807) is 0 Å². The molecule has 0 saturated heterocycles. The van der Waals surface area contributed by atoms with E-state index in [0.717, 1.165) is 12.8 Å². The van der Waals surface area contributed by atoms with Crippen molar-refractivity contribution in [3.63, 3.8) is 0 Å². The number of rotatable bonds is 0. The van der Waals surface area contributed by atoms with E-state index >= 15 is 0 Å². The van der Waals surface area contributed by atoms with Crippen LogP contribution in [0.2, 0.25) is 0 Å². The molecular weight excluding hydrogens is 152 g/mol. The summed E-state index contributed by atoms with van der Waals surface area (Å²) in [6, 6.07) is 0. The Kier molecular flexibility index (Phi) is 1.77. The van der Waals surface area contributed by atoms with Crippen LogP contribution in [0.1, 0.15) is 26.7 Å². The molecule has 2 saturated carbocycles. The second-order valence-electron chi connectivity index (χ2n) is 4.23. The normalized spacial score (nSPS) is 45.5. The van der Waals surface area contributed by atoms with Crippen LogP contribution in [0.15, 0.2) is 11.1 Å². The van der Waals surface area contributed by atoms with Gasteiger partial charge in [0.15, 0.2) is 0 Å². The maximum Gasteiger partial charge on any atom is 0.0870 e. The van der Waals surface area contributed by atoms with Crippen LogP contribution in [0.3, 0.4) is 0 Å². The molecule has 0 aromatic carbocycles. The molecule has 0 spiro atoms. The summed E-state index contributed by atoms with van der Waals surface area (Å²) >= 11 is 0. The third-order valence-corrected chi connectivity index (χ3v) is 3.34. The van der Waals surface area contributed by atoms with E-state index in [1.165, 1.54) is 11.1 Å². The van der Waals surface area contributed by atoms with E-state index in [9.17, 15) is 10.2 Å². The van der Waals surface area contributed by atoms with Gasteiger partial charge in [-0.3, -0.25) is 0 Å². The zero-order valence-electron chi connectivity index (χ0n) is 7.62. The molecule has 0 aliphatic heterocycles. The van der Waals surface area contributed by atoms with E-state index in [0.29, 0.717) is 0 Å². The van der Waals surface area contributed by atoms with Gasteiger partial charge in [0.05, 0.1) is 12.2 Å². The first-order valence-corrected chi connectivity index (χ1v) is 4.66. The van der Waals surface area contributed by atoms with Gasteiger partial charge in [-0.25, -0.2) is 0 Å². The molecule has 2 nitrogen and oxygen atoms in total. The zero-order valence-corrected chi connectivity index (χ0v) is 7.62. The predicted octanol–water partition coefficient (Wildman–Crippen LogP) is 1.08. The van der Waals surface area contributed by atoms with Crippen LogP contribution < -0.4 is 0 Å². The Morgan fingerprint density at radius 2 is 1.50 bits per heavy atom. The summed E-state index contributed by atoms with van der Waals surface area (Å²) in [5.74, 6) is 0.519. The predicted molar refractivity (Wildman–Crippen MR) is 46.6 cm³/mol. The molecule has 0 radical (unpaired) electrons. The Balaban J connectivity index is 2.37. The number of hydrogen-bond acceptors (Lipinski definition) is 2. The number of allylic oxidation sites excluding steroid dienone is 1. The Bertz CT molecular complexity index is 210. The highest BCUT2D eigenvalue weighted by Crippen LogP contribution is 2.50. The molecule has 0 heterocycles. The highest BCUT2D eigenvalue weighted by molar-refractivity contribution is 5.29. The summed E-state index contributed by atoms with van der Waals surface area (Å²) < 4.78 is 0. The Hall–Kier alpha value is -0.340. The Morgan fingerprint density at radius 3 is 1.75 bits per heavy atom. The summed E-state index contributed by atoms with van der Waals surface area (Å²) in [6.07, 6.45) is 1.13. The van der Waals surface area contributed by atoms with E-state index in [1.807, 2.05) is 0 Å². The van der Waals surface area contributed by atoms with Gasteiger partial charge in [-0.05, 0) is 26.7 Å². The van der Waals surface area contributed by atoms with Crippen molar-refractivity contribution < 1.29 is 10.2 Å². The van der Waals surface area contributed by atoms with Crippen LogP contribution in [0, 0.1) is 11.8 Å². The smallest absolute Gasteiger partial charge is 0.0870 e. The van der Waals surface area contributed by atoms with Crippen LogP contribution in [0.4, 0.5) is 0 Å². The fourth-order valence-corrected chi connectivity index (χ4v) is 2.87. The Morgan fingerprint density at radius 1 is 1.08 bits per heavy atom. The molecule has 0 aromatic heterocycles. The molecule has 12 heavy (non-hydrogen) atoms. The molecule has 2 aliphatic carbocycles. The molecule has 2 fully saturated rings. The average Bonchev–Trinajstić information content (AvgIpc) is 2.51. The molecule has 68 valence electrons. The minimum absolute atomic E-state index is 0.259. The summed E-state index contributed by atoms with van der Waals surface area (Å²) in [5, 5.41) is 19.2. The molecule has 2 aliphatic rings. The van der Waals surface area contributed by atoms with Gasteiger partial charge in [0, 0.05) is 11.8 Å². The number of aliphatic hydroxyl groups is 2. The number of aliphatic hydroxyl groups excluding tert-OH is 2. The van der Waals surface area contributed by atoms with Crippen LogP contribution in [-0.2, 0) is 0 Å². The first kappa shape index (κ1) is 8.27. The van der Waals surface area contributed by atoms with Gasteiger partial charge in [-0.2, -0.15) is 0 Å². The topological polar surface area (TPSA) is 40.5 Å². The average molecular weight is 168 g/mol. The molecule has 2 heteroatoms. The van der Waals surface area contributed by atoms with Gasteiger partial charge >= 0.3 is 0 Å². The second kappa shape index (κ2) is 2.57. The molecule has 0 amide bonds. The van der Waals surface area contributed by atoms with Gasteiger partial charge < -0.3 is 10.2 Å². The minimum Gasteiger partial charge on any atom is -0.390 e. The molecule has 2 N–H and O–H groups in total. The van der Waals surface area contributed by atoms with Gasteiger partial charge in [-0.15, -0.1) is 0 Å². The first-order chi connectivity index (χ1) is 5.63. The van der Waals surface area contributed by atoms with Crippen molar-refractivity contribution in [1.29, 1.82) is 0 Å². The fraction of sp³-hybridized carbons (Fsp3) is 0.800. The largest absolute Gasteiger partial charge is 0.390 e. The second-order valence-corrected chi connectivity index (χ2v) is 4.23. The third kappa shape index (κ3) is 0.882. The van der Waals surface area contributed by atoms with Crippen LogP contribution >= 0.6 is 0 Å². The van der Waals surface area contributed by atoms with Crippen molar-refractivity contribution in [2.45, 2.75) is 38.9 Å². The quantitative estimate of drug-likeness (QED) is 0.531. The highest BCUT2D eigenvalue weighted by Gasteiger charge is 2.50. The van der Waals surface area contributed by atoms with Crippen molar-refractivity contribution >= 4 is 0 Å². The lowest BCUT2D eigenvalue weighted by molar-refractivity contribution is -0.0160. The summed E-state index contributed by atoms with van der Waals surface area (Å²) in [5.41, 5.74) is 2.62. The van der Waals surface area contributed by atoms with Crippen molar-refractivity contribution in [3.8, 4) is 0 Å². The van der Waals surface area contributed by atoms with Crippen LogP contribution in [0.25, 0.3) is 0 Å². The van der Waals surface area contributed by atoms with E-state index in [4.69, 9.17) is 0 Å². The summed E-state index contributed by atoms with van der Waals surface area (Å²) in [4.78, 5) is 0. The van der Waals surface area contributed by atoms with Gasteiger partial charge in [0.25, 0.3) is 0 Å². The fourth-order valence-electron chi connectivity index (χ4n) is 2.87. The summed E-state index contributed by atoms with van der Waals surface area (Å²) in [6.45, 7) is 4.15. The highest BCUT2D eigenvalue weighted by atomic mass is 16.3. The lowest BCUT2D eigenvalue weighted by Gasteiger charge is -2.20. The van der Waals surface area contributed by atoms with Crippen molar-refractivity contribution in [1.82, 2.24) is 0 Å². The SMILES string of the molecule is CC(C)=C1[C@H]2CC[C@H]1[C@@H](O)[C@H]2O. The first-order valence-electron chi connectivity index (χ1n) is 4.66. The maximum atomic E-state index is 9.62. The van der Waals surface area contributed by atoms with E-state index in [2.05, 4.69) is 13.8 Å². The van der Waals surface area contributed by atoms with Crippen LogP contribution in [0.5, 0.6) is 0 Å². The lowest BCUT2D eigenvalue weighted by atomic mass is 9.95. The van der Waals surface area contributed by atoms with Crippen molar-refractivity contribution in [2.24, 2.45) is 11.8 Å². The van der Waals surface area contributed by atoms with Crippen LogP contribution in [-0.4, -0.2) is 22.4 Å². The summed E-state index contributed by atoms with van der Waals surface area (Å²) in [7, 11) is 0. The number of fused-ring (bicyclic) bond motifs is 2. The van der Waals surface area contributed by atoms with Gasteiger partial charge in [0.1, 0.15) is 0 Å². The molecule has 4 atom stereocenters. The van der Waals surface area contributed by atoms with E-state index in [-0.39, 0.29) is 11.8 Å². The standard InChI is InChI=1S/C10H16O2/c1-5(2)8-6-3-4-7(8)10(12)9(6)11/h6-7,9-12H,3-4H2,1-2H3/t6-,7-,9-,10+/m1/s1. The molecule has 2 bridgehead atoms.